The standard InChI is InChI=1S/C12H17NO2/c1-9-8-14-12(15-9)10-4-6-11(7-5-10)13(2)3/h4-7,9,12H,8H2,1-3H3/t9-,12+/m1/s1. The van der Waals surface area contributed by atoms with Crippen LogP contribution in [0.3, 0.4) is 0 Å². The van der Waals surface area contributed by atoms with Gasteiger partial charge in [0.2, 0.25) is 0 Å². The lowest BCUT2D eigenvalue weighted by Gasteiger charge is -2.14. The van der Waals surface area contributed by atoms with Gasteiger partial charge in [-0.1, -0.05) is 12.1 Å². The second kappa shape index (κ2) is 4.21. The summed E-state index contributed by atoms with van der Waals surface area (Å²) in [4.78, 5) is 2.07. The van der Waals surface area contributed by atoms with Crippen LogP contribution in [0, 0.1) is 0 Å². The molecule has 0 N–H and O–H groups in total. The smallest absolute Gasteiger partial charge is 0.184 e. The molecule has 1 aliphatic rings. The van der Waals surface area contributed by atoms with Crippen molar-refractivity contribution in [2.45, 2.75) is 19.3 Å². The molecule has 0 spiro atoms. The van der Waals surface area contributed by atoms with Crippen molar-refractivity contribution in [3.63, 3.8) is 0 Å². The molecular weight excluding hydrogens is 190 g/mol. The number of rotatable bonds is 2. The van der Waals surface area contributed by atoms with Crippen LogP contribution in [0.15, 0.2) is 24.3 Å². The van der Waals surface area contributed by atoms with Gasteiger partial charge in [-0.05, 0) is 19.1 Å². The molecule has 3 heteroatoms. The molecule has 15 heavy (non-hydrogen) atoms. The lowest BCUT2D eigenvalue weighted by atomic mass is 10.2. The van der Waals surface area contributed by atoms with E-state index in [-0.39, 0.29) is 12.4 Å². The molecule has 3 nitrogen and oxygen atoms in total. The Balaban J connectivity index is 2.10. The first kappa shape index (κ1) is 10.5. The number of benzene rings is 1. The third-order valence-corrected chi connectivity index (χ3v) is 2.52. The van der Waals surface area contributed by atoms with Crippen LogP contribution in [-0.2, 0) is 9.47 Å². The predicted octanol–water partition coefficient (Wildman–Crippen LogP) is 2.19. The van der Waals surface area contributed by atoms with Crippen molar-refractivity contribution >= 4 is 5.69 Å². The van der Waals surface area contributed by atoms with E-state index >= 15 is 0 Å². The Morgan fingerprint density at radius 3 is 2.33 bits per heavy atom. The van der Waals surface area contributed by atoms with Crippen molar-refractivity contribution in [3.05, 3.63) is 29.8 Å². The Labute approximate surface area is 90.6 Å². The van der Waals surface area contributed by atoms with Gasteiger partial charge in [-0.25, -0.2) is 0 Å². The summed E-state index contributed by atoms with van der Waals surface area (Å²) < 4.78 is 11.1. The van der Waals surface area contributed by atoms with Gasteiger partial charge in [-0.3, -0.25) is 0 Å². The van der Waals surface area contributed by atoms with E-state index in [4.69, 9.17) is 9.47 Å². The Bertz CT molecular complexity index is 321. The molecule has 0 aliphatic carbocycles. The van der Waals surface area contributed by atoms with Crippen molar-refractivity contribution in [1.82, 2.24) is 0 Å². The molecule has 1 aliphatic heterocycles. The predicted molar refractivity (Wildman–Crippen MR) is 60.0 cm³/mol. The molecule has 0 amide bonds. The Morgan fingerprint density at radius 2 is 1.87 bits per heavy atom. The highest BCUT2D eigenvalue weighted by molar-refractivity contribution is 5.46. The quantitative estimate of drug-likeness (QED) is 0.742. The first-order valence-corrected chi connectivity index (χ1v) is 5.21. The maximum absolute atomic E-state index is 5.61. The van der Waals surface area contributed by atoms with E-state index in [1.807, 2.05) is 21.0 Å². The molecule has 2 atom stereocenters. The monoisotopic (exact) mass is 207 g/mol. The van der Waals surface area contributed by atoms with E-state index in [9.17, 15) is 0 Å². The molecule has 0 radical (unpaired) electrons. The summed E-state index contributed by atoms with van der Waals surface area (Å²) in [6, 6.07) is 8.26. The SMILES string of the molecule is C[C@@H]1CO[C@H](c2ccc(N(C)C)cc2)O1. The van der Waals surface area contributed by atoms with E-state index in [1.165, 1.54) is 5.69 Å². The minimum Gasteiger partial charge on any atom is -0.378 e. The van der Waals surface area contributed by atoms with Gasteiger partial charge in [0.05, 0.1) is 12.7 Å². The average molecular weight is 207 g/mol. The molecule has 0 aromatic heterocycles. The second-order valence-corrected chi connectivity index (χ2v) is 4.10. The lowest BCUT2D eigenvalue weighted by molar-refractivity contribution is -0.0571. The normalized spacial score (nSPS) is 25.5. The number of hydrogen-bond donors (Lipinski definition) is 0. The minimum atomic E-state index is -0.184. The van der Waals surface area contributed by atoms with Gasteiger partial charge in [0.1, 0.15) is 0 Å². The van der Waals surface area contributed by atoms with Crippen LogP contribution in [0.1, 0.15) is 18.8 Å². The van der Waals surface area contributed by atoms with Gasteiger partial charge >= 0.3 is 0 Å². The number of ether oxygens (including phenoxy) is 2. The Kier molecular flexibility index (Phi) is 2.93. The van der Waals surface area contributed by atoms with Crippen molar-refractivity contribution < 1.29 is 9.47 Å². The van der Waals surface area contributed by atoms with Gasteiger partial charge in [0.15, 0.2) is 6.29 Å². The number of hydrogen-bond acceptors (Lipinski definition) is 3. The van der Waals surface area contributed by atoms with Gasteiger partial charge in [-0.15, -0.1) is 0 Å². The molecule has 1 saturated heterocycles. The summed E-state index contributed by atoms with van der Waals surface area (Å²) in [6.07, 6.45) is 0.0136. The zero-order valence-electron chi connectivity index (χ0n) is 9.43. The van der Waals surface area contributed by atoms with Crippen LogP contribution < -0.4 is 4.90 Å². The van der Waals surface area contributed by atoms with E-state index in [2.05, 4.69) is 29.2 Å². The van der Waals surface area contributed by atoms with Crippen LogP contribution in [0.5, 0.6) is 0 Å². The summed E-state index contributed by atoms with van der Waals surface area (Å²) in [5.74, 6) is 0. The van der Waals surface area contributed by atoms with E-state index in [0.717, 1.165) is 5.56 Å². The maximum Gasteiger partial charge on any atom is 0.184 e. The third kappa shape index (κ3) is 2.30. The Hall–Kier alpha value is -1.06. The average Bonchev–Trinajstić information content (AvgIpc) is 2.65. The Morgan fingerprint density at radius 1 is 1.20 bits per heavy atom. The van der Waals surface area contributed by atoms with Crippen molar-refractivity contribution in [2.24, 2.45) is 0 Å². The molecule has 0 bridgehead atoms. The zero-order chi connectivity index (χ0) is 10.8. The largest absolute Gasteiger partial charge is 0.378 e. The van der Waals surface area contributed by atoms with Gasteiger partial charge in [-0.2, -0.15) is 0 Å². The highest BCUT2D eigenvalue weighted by Gasteiger charge is 2.23. The van der Waals surface area contributed by atoms with Gasteiger partial charge in [0.25, 0.3) is 0 Å². The van der Waals surface area contributed by atoms with Gasteiger partial charge < -0.3 is 14.4 Å². The van der Waals surface area contributed by atoms with E-state index in [1.54, 1.807) is 0 Å². The molecular formula is C12H17NO2. The van der Waals surface area contributed by atoms with Crippen LogP contribution in [0.4, 0.5) is 5.69 Å². The maximum atomic E-state index is 5.61. The van der Waals surface area contributed by atoms with Crippen LogP contribution in [0.2, 0.25) is 0 Å². The van der Waals surface area contributed by atoms with Crippen LogP contribution >= 0.6 is 0 Å². The molecule has 1 aromatic carbocycles. The summed E-state index contributed by atoms with van der Waals surface area (Å²) in [6.45, 7) is 2.70. The molecule has 2 rings (SSSR count). The third-order valence-electron chi connectivity index (χ3n) is 2.52. The summed E-state index contributed by atoms with van der Waals surface area (Å²) >= 11 is 0. The summed E-state index contributed by atoms with van der Waals surface area (Å²) in [5.41, 5.74) is 2.27. The fraction of sp³-hybridized carbons (Fsp3) is 0.500. The van der Waals surface area contributed by atoms with Crippen molar-refractivity contribution in [2.75, 3.05) is 25.6 Å². The topological polar surface area (TPSA) is 21.7 Å². The highest BCUT2D eigenvalue weighted by atomic mass is 16.7. The lowest BCUT2D eigenvalue weighted by Crippen LogP contribution is -2.08. The second-order valence-electron chi connectivity index (χ2n) is 4.10. The van der Waals surface area contributed by atoms with E-state index in [0.29, 0.717) is 6.61 Å². The summed E-state index contributed by atoms with van der Waals surface area (Å²) in [7, 11) is 4.05. The van der Waals surface area contributed by atoms with Crippen LogP contribution in [0.25, 0.3) is 0 Å². The molecule has 0 saturated carbocycles. The summed E-state index contributed by atoms with van der Waals surface area (Å²) in [5, 5.41) is 0. The highest BCUT2D eigenvalue weighted by Crippen LogP contribution is 2.27. The minimum absolute atomic E-state index is 0.184. The number of anilines is 1. The fourth-order valence-electron chi connectivity index (χ4n) is 1.62. The first-order chi connectivity index (χ1) is 7.16. The van der Waals surface area contributed by atoms with E-state index < -0.39 is 0 Å². The molecule has 1 fully saturated rings. The molecule has 1 aromatic rings. The molecule has 82 valence electrons. The van der Waals surface area contributed by atoms with Crippen molar-refractivity contribution in [1.29, 1.82) is 0 Å². The van der Waals surface area contributed by atoms with Crippen molar-refractivity contribution in [3.8, 4) is 0 Å². The first-order valence-electron chi connectivity index (χ1n) is 5.21. The van der Waals surface area contributed by atoms with Gasteiger partial charge in [0, 0.05) is 25.3 Å². The van der Waals surface area contributed by atoms with Crippen LogP contribution in [-0.4, -0.2) is 26.8 Å². The molecule has 1 heterocycles. The zero-order valence-corrected chi connectivity index (χ0v) is 9.43. The molecule has 0 unspecified atom stereocenters. The fourth-order valence-corrected chi connectivity index (χ4v) is 1.62. The number of nitrogens with zero attached hydrogens (tertiary/aromatic N) is 1.